The fourth-order valence-electron chi connectivity index (χ4n) is 2.65. The lowest BCUT2D eigenvalue weighted by Gasteiger charge is -2.18. The van der Waals surface area contributed by atoms with E-state index in [-0.39, 0.29) is 11.7 Å². The van der Waals surface area contributed by atoms with Crippen molar-refractivity contribution >= 4 is 23.2 Å². The quantitative estimate of drug-likeness (QED) is 0.592. The number of amides is 2. The van der Waals surface area contributed by atoms with Crippen LogP contribution < -0.4 is 11.1 Å². The van der Waals surface area contributed by atoms with Crippen molar-refractivity contribution in [2.45, 2.75) is 13.5 Å². The number of hydrogen-bond donors (Lipinski definition) is 3. The van der Waals surface area contributed by atoms with Crippen LogP contribution in [0.2, 0.25) is 0 Å². The van der Waals surface area contributed by atoms with Crippen LogP contribution >= 0.6 is 0 Å². The number of nitrogen functional groups attached to an aromatic ring is 1. The van der Waals surface area contributed by atoms with Crippen LogP contribution in [0.1, 0.15) is 22.4 Å². The molecule has 0 aliphatic heterocycles. The summed E-state index contributed by atoms with van der Waals surface area (Å²) in [4.78, 5) is 26.3. The molecule has 0 unspecified atom stereocenters. The van der Waals surface area contributed by atoms with E-state index in [2.05, 4.69) is 20.3 Å². The third kappa shape index (κ3) is 4.47. The van der Waals surface area contributed by atoms with Crippen LogP contribution in [0.25, 0.3) is 0 Å². The number of aromatic nitrogens is 3. The van der Waals surface area contributed by atoms with Crippen molar-refractivity contribution in [3.63, 3.8) is 0 Å². The summed E-state index contributed by atoms with van der Waals surface area (Å²) >= 11 is 0. The highest BCUT2D eigenvalue weighted by Gasteiger charge is 2.14. The predicted octanol–water partition coefficient (Wildman–Crippen LogP) is 2.84. The molecule has 8 nitrogen and oxygen atoms in total. The molecule has 4 N–H and O–H groups in total. The molecule has 3 aromatic heterocycles. The van der Waals surface area contributed by atoms with Gasteiger partial charge in [-0.25, -0.2) is 9.78 Å². The summed E-state index contributed by atoms with van der Waals surface area (Å²) < 4.78 is 0. The molecule has 0 aliphatic rings. The minimum absolute atomic E-state index is 0.252. The fraction of sp³-hybridized carbons (Fsp3) is 0.150. The topological polar surface area (TPSA) is 121 Å². The molecule has 28 heavy (non-hydrogen) atoms. The molecule has 0 bridgehead atoms. The molecule has 0 fully saturated rings. The number of carbonyl (C=O) groups excluding carboxylic acids is 1. The number of nitrogens with one attached hydrogen (secondary N) is 2. The van der Waals surface area contributed by atoms with E-state index in [4.69, 9.17) is 11.1 Å². The molecule has 8 heteroatoms. The van der Waals surface area contributed by atoms with Gasteiger partial charge in [0.05, 0.1) is 5.71 Å². The molecule has 0 aliphatic carbocycles. The first-order chi connectivity index (χ1) is 13.4. The van der Waals surface area contributed by atoms with Crippen LogP contribution in [0.4, 0.5) is 16.3 Å². The number of pyridine rings is 3. The molecular formula is C20H21N7O. The Bertz CT molecular complexity index is 1000. The molecule has 2 amide bonds. The van der Waals surface area contributed by atoms with Crippen molar-refractivity contribution in [1.82, 2.24) is 19.9 Å². The molecule has 0 radical (unpaired) electrons. The Balaban J connectivity index is 1.70. The van der Waals surface area contributed by atoms with Crippen LogP contribution in [-0.4, -0.2) is 38.6 Å². The van der Waals surface area contributed by atoms with Gasteiger partial charge in [0.15, 0.2) is 0 Å². The summed E-state index contributed by atoms with van der Waals surface area (Å²) in [5.41, 5.74) is 9.65. The number of nitrogens with zero attached hydrogens (tertiary/aromatic N) is 4. The molecule has 142 valence electrons. The van der Waals surface area contributed by atoms with Gasteiger partial charge in [-0.1, -0.05) is 6.07 Å². The Kier molecular flexibility index (Phi) is 5.59. The summed E-state index contributed by atoms with van der Waals surface area (Å²) in [6.45, 7) is 2.28. The van der Waals surface area contributed by atoms with Crippen molar-refractivity contribution in [1.29, 1.82) is 5.41 Å². The number of carbonyl (C=O) groups is 1. The standard InChI is InChI=1S/C20H21N7O/c1-13-8-15(5-7-24-13)19(22)16-11-25-18(9-17(16)21)26-20(28)27(2)12-14-4-3-6-23-10-14/h3-11,22H,12H2,1-2H3,(H3,21,25,26,28). The van der Waals surface area contributed by atoms with E-state index in [9.17, 15) is 4.79 Å². The average molecular weight is 375 g/mol. The summed E-state index contributed by atoms with van der Waals surface area (Å²) in [5, 5.41) is 11.1. The molecule has 3 heterocycles. The second-order valence-electron chi connectivity index (χ2n) is 6.37. The predicted molar refractivity (Wildman–Crippen MR) is 108 cm³/mol. The van der Waals surface area contributed by atoms with Gasteiger partial charge < -0.3 is 10.6 Å². The molecule has 0 saturated carbocycles. The Morgan fingerprint density at radius 3 is 2.71 bits per heavy atom. The second-order valence-corrected chi connectivity index (χ2v) is 6.37. The maximum atomic E-state index is 12.4. The Morgan fingerprint density at radius 2 is 2.04 bits per heavy atom. The fourth-order valence-corrected chi connectivity index (χ4v) is 2.65. The summed E-state index contributed by atoms with van der Waals surface area (Å²) in [6, 6.07) is 8.51. The summed E-state index contributed by atoms with van der Waals surface area (Å²) in [7, 11) is 1.68. The number of nitrogens with two attached hydrogens (primary N) is 1. The van der Waals surface area contributed by atoms with Gasteiger partial charge >= 0.3 is 6.03 Å². The van der Waals surface area contributed by atoms with Gasteiger partial charge in [-0.2, -0.15) is 0 Å². The van der Waals surface area contributed by atoms with E-state index in [1.54, 1.807) is 37.8 Å². The molecule has 3 rings (SSSR count). The minimum atomic E-state index is -0.316. The van der Waals surface area contributed by atoms with Crippen LogP contribution in [0.3, 0.4) is 0 Å². The van der Waals surface area contributed by atoms with E-state index in [0.29, 0.717) is 29.2 Å². The number of urea groups is 1. The van der Waals surface area contributed by atoms with E-state index in [1.165, 1.54) is 11.1 Å². The van der Waals surface area contributed by atoms with Crippen LogP contribution in [0.5, 0.6) is 0 Å². The smallest absolute Gasteiger partial charge is 0.323 e. The van der Waals surface area contributed by atoms with Gasteiger partial charge in [0.2, 0.25) is 0 Å². The number of hydrogen-bond acceptors (Lipinski definition) is 6. The number of rotatable bonds is 5. The molecular weight excluding hydrogens is 354 g/mol. The highest BCUT2D eigenvalue weighted by Crippen LogP contribution is 2.19. The first-order valence-corrected chi connectivity index (χ1v) is 8.62. The zero-order valence-corrected chi connectivity index (χ0v) is 15.7. The highest BCUT2D eigenvalue weighted by atomic mass is 16.2. The van der Waals surface area contributed by atoms with Gasteiger partial charge in [-0.3, -0.25) is 20.7 Å². The van der Waals surface area contributed by atoms with Gasteiger partial charge in [-0.15, -0.1) is 0 Å². The zero-order chi connectivity index (χ0) is 20.1. The van der Waals surface area contributed by atoms with Crippen molar-refractivity contribution in [2.75, 3.05) is 18.1 Å². The first-order valence-electron chi connectivity index (χ1n) is 8.62. The van der Waals surface area contributed by atoms with Crippen molar-refractivity contribution in [3.05, 3.63) is 77.5 Å². The van der Waals surface area contributed by atoms with Gasteiger partial charge in [0, 0.05) is 67.0 Å². The van der Waals surface area contributed by atoms with E-state index >= 15 is 0 Å². The van der Waals surface area contributed by atoms with Crippen molar-refractivity contribution < 1.29 is 4.79 Å². The first kappa shape index (κ1) is 19.0. The SMILES string of the molecule is Cc1cc(C(=N)c2cnc(NC(=O)N(C)Cc3cccnc3)cc2N)ccn1. The lowest BCUT2D eigenvalue weighted by molar-refractivity contribution is 0.220. The third-order valence-electron chi connectivity index (χ3n) is 4.11. The number of anilines is 2. The second kappa shape index (κ2) is 8.26. The molecule has 3 aromatic rings. The van der Waals surface area contributed by atoms with Crippen LogP contribution in [0.15, 0.2) is 55.1 Å². The van der Waals surface area contributed by atoms with E-state index < -0.39 is 0 Å². The normalized spacial score (nSPS) is 10.4. The van der Waals surface area contributed by atoms with Crippen LogP contribution in [0, 0.1) is 12.3 Å². The Morgan fingerprint density at radius 1 is 1.21 bits per heavy atom. The highest BCUT2D eigenvalue weighted by molar-refractivity contribution is 6.13. The average Bonchev–Trinajstić information content (AvgIpc) is 2.68. The lowest BCUT2D eigenvalue weighted by atomic mass is 10.0. The lowest BCUT2D eigenvalue weighted by Crippen LogP contribution is -2.31. The maximum absolute atomic E-state index is 12.4. The zero-order valence-electron chi connectivity index (χ0n) is 15.7. The Labute approximate surface area is 163 Å². The minimum Gasteiger partial charge on any atom is -0.398 e. The monoisotopic (exact) mass is 375 g/mol. The van der Waals surface area contributed by atoms with Crippen LogP contribution in [-0.2, 0) is 6.54 Å². The van der Waals surface area contributed by atoms with Gasteiger partial charge in [-0.05, 0) is 30.7 Å². The van der Waals surface area contributed by atoms with Gasteiger partial charge in [0.1, 0.15) is 5.82 Å². The molecule has 0 spiro atoms. The van der Waals surface area contributed by atoms with E-state index in [1.807, 2.05) is 25.1 Å². The molecule has 0 atom stereocenters. The number of aryl methyl sites for hydroxylation is 1. The largest absolute Gasteiger partial charge is 0.398 e. The molecule has 0 saturated heterocycles. The Hall–Kier alpha value is -3.81. The van der Waals surface area contributed by atoms with Gasteiger partial charge in [0.25, 0.3) is 0 Å². The van der Waals surface area contributed by atoms with Crippen molar-refractivity contribution in [2.24, 2.45) is 0 Å². The maximum Gasteiger partial charge on any atom is 0.323 e. The van der Waals surface area contributed by atoms with Crippen molar-refractivity contribution in [3.8, 4) is 0 Å². The third-order valence-corrected chi connectivity index (χ3v) is 4.11. The van der Waals surface area contributed by atoms with E-state index in [0.717, 1.165) is 11.3 Å². The summed E-state index contributed by atoms with van der Waals surface area (Å²) in [6.07, 6.45) is 6.53. The summed E-state index contributed by atoms with van der Waals surface area (Å²) in [5.74, 6) is 0.322. The molecule has 0 aromatic carbocycles.